The molecule has 128 valence electrons. The molecule has 0 saturated carbocycles. The fourth-order valence-electron chi connectivity index (χ4n) is 2.44. The van der Waals surface area contributed by atoms with Gasteiger partial charge in [0.05, 0.1) is 21.8 Å². The molecule has 3 aromatic rings. The molecule has 3 rings (SSSR count). The number of hydrazine groups is 1. The van der Waals surface area contributed by atoms with Gasteiger partial charge in [-0.15, -0.1) is 0 Å². The Bertz CT molecular complexity index is 887. The Hall–Kier alpha value is -2.83. The first-order valence-corrected chi connectivity index (χ1v) is 8.06. The molecule has 0 amide bonds. The third-order valence-corrected chi connectivity index (χ3v) is 3.94. The standard InChI is InChI=1S/C18H17ClN4O2/c19-13-11-12(6-8-17(13)25-10-9-24)5-7-16(23-20)18-21-14-3-1-2-4-15(14)22-18/h1-4,6-9,11,23H,5,10,20H2,(H,21,22)/b16-7-. The number of ether oxygens (including phenoxy) is 1. The number of nitrogens with two attached hydrogens (primary N) is 1. The van der Waals surface area contributed by atoms with Crippen LogP contribution in [0.4, 0.5) is 0 Å². The van der Waals surface area contributed by atoms with Gasteiger partial charge in [-0.25, -0.2) is 4.98 Å². The van der Waals surface area contributed by atoms with E-state index in [1.807, 2.05) is 36.4 Å². The number of aromatic amines is 1. The normalized spacial score (nSPS) is 11.5. The Labute approximate surface area is 149 Å². The summed E-state index contributed by atoms with van der Waals surface area (Å²) in [7, 11) is 0. The summed E-state index contributed by atoms with van der Waals surface area (Å²) in [5.41, 5.74) is 6.16. The number of fused-ring (bicyclic) bond motifs is 1. The second-order valence-corrected chi connectivity index (χ2v) is 5.72. The van der Waals surface area contributed by atoms with E-state index >= 15 is 0 Å². The maximum atomic E-state index is 10.4. The van der Waals surface area contributed by atoms with Crippen molar-refractivity contribution >= 4 is 34.6 Å². The number of aromatic nitrogens is 2. The number of carbonyl (C=O) groups is 1. The van der Waals surface area contributed by atoms with Crippen LogP contribution in [0.2, 0.25) is 5.02 Å². The number of H-pyrrole nitrogens is 1. The minimum atomic E-state index is -0.0216. The van der Waals surface area contributed by atoms with E-state index in [0.717, 1.165) is 16.6 Å². The molecule has 0 aliphatic carbocycles. The summed E-state index contributed by atoms with van der Waals surface area (Å²) < 4.78 is 5.23. The Balaban J connectivity index is 1.79. The fraction of sp³-hybridized carbons (Fsp3) is 0.111. The lowest BCUT2D eigenvalue weighted by Crippen LogP contribution is -2.21. The predicted molar refractivity (Wildman–Crippen MR) is 98.1 cm³/mol. The minimum Gasteiger partial charge on any atom is -0.485 e. The third kappa shape index (κ3) is 3.99. The summed E-state index contributed by atoms with van der Waals surface area (Å²) in [6.45, 7) is -0.0216. The SMILES string of the molecule is NN/C(=C\Cc1ccc(OCC=O)c(Cl)c1)c1nc2ccccc2[nH]1. The van der Waals surface area contributed by atoms with Gasteiger partial charge in [-0.3, -0.25) is 10.6 Å². The molecule has 0 unspecified atom stereocenters. The van der Waals surface area contributed by atoms with Crippen molar-refractivity contribution in [2.45, 2.75) is 6.42 Å². The smallest absolute Gasteiger partial charge is 0.157 e. The predicted octanol–water partition coefficient (Wildman–Crippen LogP) is 2.84. The molecule has 4 N–H and O–H groups in total. The van der Waals surface area contributed by atoms with Gasteiger partial charge in [-0.1, -0.05) is 35.9 Å². The first kappa shape index (κ1) is 17.0. The number of hydrogen-bond acceptors (Lipinski definition) is 5. The number of nitrogens with zero attached hydrogens (tertiary/aromatic N) is 1. The van der Waals surface area contributed by atoms with Gasteiger partial charge < -0.3 is 15.1 Å². The molecule has 0 aliphatic heterocycles. The summed E-state index contributed by atoms with van der Waals surface area (Å²) in [4.78, 5) is 18.1. The maximum absolute atomic E-state index is 10.4. The molecule has 6 nitrogen and oxygen atoms in total. The van der Waals surface area contributed by atoms with Crippen LogP contribution in [0.3, 0.4) is 0 Å². The number of para-hydroxylation sites is 2. The average Bonchev–Trinajstić information content (AvgIpc) is 3.05. The first-order chi connectivity index (χ1) is 12.2. The number of benzene rings is 2. The molecule has 0 fully saturated rings. The van der Waals surface area contributed by atoms with Crippen LogP contribution in [-0.4, -0.2) is 22.9 Å². The van der Waals surface area contributed by atoms with E-state index < -0.39 is 0 Å². The van der Waals surface area contributed by atoms with Crippen molar-refractivity contribution in [1.82, 2.24) is 15.4 Å². The minimum absolute atomic E-state index is 0.0216. The van der Waals surface area contributed by atoms with Crippen LogP contribution in [0.25, 0.3) is 16.7 Å². The van der Waals surface area contributed by atoms with E-state index in [9.17, 15) is 4.79 Å². The van der Waals surface area contributed by atoms with Gasteiger partial charge in [0.2, 0.25) is 0 Å². The summed E-state index contributed by atoms with van der Waals surface area (Å²) in [5.74, 6) is 6.79. The highest BCUT2D eigenvalue weighted by Crippen LogP contribution is 2.26. The summed E-state index contributed by atoms with van der Waals surface area (Å²) in [6.07, 6.45) is 3.21. The van der Waals surface area contributed by atoms with Gasteiger partial charge in [-0.2, -0.15) is 0 Å². The summed E-state index contributed by atoms with van der Waals surface area (Å²) >= 11 is 6.16. The average molecular weight is 357 g/mol. The van der Waals surface area contributed by atoms with Gasteiger partial charge in [-0.05, 0) is 36.2 Å². The number of imidazole rings is 1. The molecule has 0 bridgehead atoms. The molecule has 0 atom stereocenters. The van der Waals surface area contributed by atoms with Crippen molar-refractivity contribution in [3.63, 3.8) is 0 Å². The van der Waals surface area contributed by atoms with Crippen LogP contribution in [-0.2, 0) is 11.2 Å². The fourth-order valence-corrected chi connectivity index (χ4v) is 2.69. The molecule has 0 saturated heterocycles. The lowest BCUT2D eigenvalue weighted by molar-refractivity contribution is -0.109. The van der Waals surface area contributed by atoms with E-state index in [0.29, 0.717) is 35.0 Å². The van der Waals surface area contributed by atoms with Gasteiger partial charge in [0.15, 0.2) is 12.1 Å². The second kappa shape index (κ2) is 7.83. The summed E-state index contributed by atoms with van der Waals surface area (Å²) in [5, 5.41) is 0.457. The Kier molecular flexibility index (Phi) is 5.33. The van der Waals surface area contributed by atoms with Crippen molar-refractivity contribution < 1.29 is 9.53 Å². The number of nitrogens with one attached hydrogen (secondary N) is 2. The lowest BCUT2D eigenvalue weighted by Gasteiger charge is -2.07. The molecule has 0 spiro atoms. The molecule has 7 heteroatoms. The molecule has 2 aromatic carbocycles. The molecule has 25 heavy (non-hydrogen) atoms. The van der Waals surface area contributed by atoms with Crippen LogP contribution in [0.15, 0.2) is 48.5 Å². The molecule has 1 heterocycles. The van der Waals surface area contributed by atoms with E-state index in [1.54, 1.807) is 12.1 Å². The van der Waals surface area contributed by atoms with Crippen LogP contribution in [0.5, 0.6) is 5.75 Å². The second-order valence-electron chi connectivity index (χ2n) is 5.31. The molecule has 1 aromatic heterocycles. The zero-order chi connectivity index (χ0) is 17.6. The molecular weight excluding hydrogens is 340 g/mol. The van der Waals surface area contributed by atoms with Crippen molar-refractivity contribution in [3.8, 4) is 5.75 Å². The van der Waals surface area contributed by atoms with E-state index in [1.165, 1.54) is 0 Å². The third-order valence-electron chi connectivity index (χ3n) is 3.65. The Morgan fingerprint density at radius 1 is 1.32 bits per heavy atom. The highest BCUT2D eigenvalue weighted by Gasteiger charge is 2.07. The quantitative estimate of drug-likeness (QED) is 0.344. The van der Waals surface area contributed by atoms with Crippen LogP contribution >= 0.6 is 11.6 Å². The van der Waals surface area contributed by atoms with Crippen molar-refractivity contribution in [2.75, 3.05) is 6.61 Å². The number of allylic oxidation sites excluding steroid dienone is 1. The zero-order valence-electron chi connectivity index (χ0n) is 13.3. The number of aldehydes is 1. The first-order valence-electron chi connectivity index (χ1n) is 7.68. The Morgan fingerprint density at radius 2 is 2.16 bits per heavy atom. The number of hydrogen-bond donors (Lipinski definition) is 3. The molecule has 0 aliphatic rings. The molecular formula is C18H17ClN4O2. The monoisotopic (exact) mass is 356 g/mol. The zero-order valence-corrected chi connectivity index (χ0v) is 14.1. The highest BCUT2D eigenvalue weighted by molar-refractivity contribution is 6.32. The lowest BCUT2D eigenvalue weighted by atomic mass is 10.1. The Morgan fingerprint density at radius 3 is 2.88 bits per heavy atom. The van der Waals surface area contributed by atoms with E-state index in [2.05, 4.69) is 15.4 Å². The maximum Gasteiger partial charge on any atom is 0.157 e. The summed E-state index contributed by atoms with van der Waals surface area (Å²) in [6, 6.07) is 13.2. The van der Waals surface area contributed by atoms with Gasteiger partial charge in [0.25, 0.3) is 0 Å². The van der Waals surface area contributed by atoms with Crippen LogP contribution in [0, 0.1) is 0 Å². The van der Waals surface area contributed by atoms with E-state index in [4.69, 9.17) is 22.2 Å². The van der Waals surface area contributed by atoms with Crippen LogP contribution < -0.4 is 16.0 Å². The molecule has 0 radical (unpaired) electrons. The highest BCUT2D eigenvalue weighted by atomic mass is 35.5. The largest absolute Gasteiger partial charge is 0.485 e. The van der Waals surface area contributed by atoms with Crippen LogP contribution in [0.1, 0.15) is 11.4 Å². The number of carbonyl (C=O) groups excluding carboxylic acids is 1. The topological polar surface area (TPSA) is 93.0 Å². The van der Waals surface area contributed by atoms with Gasteiger partial charge in [0, 0.05) is 0 Å². The van der Waals surface area contributed by atoms with Crippen molar-refractivity contribution in [3.05, 3.63) is 65.0 Å². The van der Waals surface area contributed by atoms with Gasteiger partial charge in [0.1, 0.15) is 12.4 Å². The van der Waals surface area contributed by atoms with Gasteiger partial charge >= 0.3 is 0 Å². The van der Waals surface area contributed by atoms with Crippen molar-refractivity contribution in [2.24, 2.45) is 5.84 Å². The van der Waals surface area contributed by atoms with Crippen molar-refractivity contribution in [1.29, 1.82) is 0 Å². The number of rotatable bonds is 7. The number of halogens is 1. The van der Waals surface area contributed by atoms with E-state index in [-0.39, 0.29) is 6.61 Å².